The number of rotatable bonds is 2. The molecular formula is C9H12O4. The van der Waals surface area contributed by atoms with E-state index < -0.39 is 12.1 Å². The Labute approximate surface area is 76.5 Å². The Balaban J connectivity index is 2.73. The molecule has 1 unspecified atom stereocenters. The smallest absolute Gasteiger partial charge is 0.337 e. The number of esters is 1. The van der Waals surface area contributed by atoms with E-state index >= 15 is 0 Å². The van der Waals surface area contributed by atoms with Gasteiger partial charge in [-0.05, 0) is 13.8 Å². The number of hydrogen-bond donors (Lipinski definition) is 0. The summed E-state index contributed by atoms with van der Waals surface area (Å²) in [4.78, 5) is 22.1. The van der Waals surface area contributed by atoms with Gasteiger partial charge in [-0.2, -0.15) is 0 Å². The fraction of sp³-hybridized carbons (Fsp3) is 0.556. The van der Waals surface area contributed by atoms with Crippen LogP contribution in [0.4, 0.5) is 0 Å². The summed E-state index contributed by atoms with van der Waals surface area (Å²) in [7, 11) is 1.31. The molecule has 1 aliphatic rings. The maximum absolute atomic E-state index is 11.1. The minimum atomic E-state index is -0.505. The number of ketones is 1. The number of allylic oxidation sites excluding steroid dienone is 1. The molecule has 0 aromatic heterocycles. The molecule has 0 aromatic carbocycles. The molecule has 1 rings (SSSR count). The lowest BCUT2D eigenvalue weighted by Crippen LogP contribution is -2.17. The van der Waals surface area contributed by atoms with Crippen LogP contribution < -0.4 is 0 Å². The Bertz CT molecular complexity index is 277. The first-order valence-electron chi connectivity index (χ1n) is 4.01. The Morgan fingerprint density at radius 3 is 2.54 bits per heavy atom. The van der Waals surface area contributed by atoms with Gasteiger partial charge in [0.15, 0.2) is 11.9 Å². The molecule has 0 fully saturated rings. The first-order chi connectivity index (χ1) is 6.06. The predicted octanol–water partition coefficient (Wildman–Crippen LogP) is 0.811. The molecule has 0 saturated carbocycles. The highest BCUT2D eigenvalue weighted by molar-refractivity contribution is 5.92. The number of ether oxygens (including phenoxy) is 2. The molecule has 4 nitrogen and oxygen atoms in total. The minimum Gasteiger partial charge on any atom is -0.486 e. The monoisotopic (exact) mass is 184 g/mol. The SMILES string of the molecule is COC(=O)C1=C(C)OC(C(C)=O)C1. The molecule has 0 aromatic rings. The van der Waals surface area contributed by atoms with Crippen LogP contribution in [0.1, 0.15) is 20.3 Å². The molecule has 0 aliphatic carbocycles. The average molecular weight is 184 g/mol. The molecule has 72 valence electrons. The molecule has 1 atom stereocenters. The molecule has 0 spiro atoms. The minimum absolute atomic E-state index is 0.0711. The Hall–Kier alpha value is -1.32. The third-order valence-electron chi connectivity index (χ3n) is 2.02. The lowest BCUT2D eigenvalue weighted by Gasteiger charge is -2.05. The molecule has 4 heteroatoms. The van der Waals surface area contributed by atoms with Crippen molar-refractivity contribution in [1.29, 1.82) is 0 Å². The summed E-state index contributed by atoms with van der Waals surface area (Å²) in [5.41, 5.74) is 0.461. The molecule has 1 heterocycles. The van der Waals surface area contributed by atoms with Gasteiger partial charge in [0.25, 0.3) is 0 Å². The summed E-state index contributed by atoms with van der Waals surface area (Å²) in [6.07, 6.45) is -0.178. The lowest BCUT2D eigenvalue weighted by atomic mass is 10.1. The van der Waals surface area contributed by atoms with Crippen LogP contribution in [-0.4, -0.2) is 25.0 Å². The Morgan fingerprint density at radius 2 is 2.15 bits per heavy atom. The molecule has 0 radical (unpaired) electrons. The summed E-state index contributed by atoms with van der Waals surface area (Å²) < 4.78 is 9.73. The van der Waals surface area contributed by atoms with E-state index in [1.807, 2.05) is 0 Å². The highest BCUT2D eigenvalue weighted by Gasteiger charge is 2.30. The lowest BCUT2D eigenvalue weighted by molar-refractivity contribution is -0.136. The predicted molar refractivity (Wildman–Crippen MR) is 44.9 cm³/mol. The number of carbonyl (C=O) groups is 2. The topological polar surface area (TPSA) is 52.6 Å². The zero-order valence-electron chi connectivity index (χ0n) is 7.92. The van der Waals surface area contributed by atoms with Gasteiger partial charge in [0.2, 0.25) is 0 Å². The Morgan fingerprint density at radius 1 is 1.54 bits per heavy atom. The van der Waals surface area contributed by atoms with Crippen LogP contribution in [0.15, 0.2) is 11.3 Å². The molecule has 0 saturated heterocycles. The summed E-state index contributed by atoms with van der Waals surface area (Å²) in [5.74, 6) is 0.00607. The van der Waals surface area contributed by atoms with Gasteiger partial charge >= 0.3 is 5.97 Å². The van der Waals surface area contributed by atoms with Crippen molar-refractivity contribution >= 4 is 11.8 Å². The highest BCUT2D eigenvalue weighted by atomic mass is 16.5. The van der Waals surface area contributed by atoms with Crippen molar-refractivity contribution in [3.63, 3.8) is 0 Å². The van der Waals surface area contributed by atoms with Crippen molar-refractivity contribution in [2.75, 3.05) is 7.11 Å². The van der Waals surface area contributed by atoms with Crippen molar-refractivity contribution in [2.24, 2.45) is 0 Å². The van der Waals surface area contributed by atoms with Gasteiger partial charge in [-0.15, -0.1) is 0 Å². The van der Waals surface area contributed by atoms with Crippen LogP contribution >= 0.6 is 0 Å². The second-order valence-corrected chi connectivity index (χ2v) is 2.95. The average Bonchev–Trinajstić information content (AvgIpc) is 2.46. The normalized spacial score (nSPS) is 21.3. The number of hydrogen-bond acceptors (Lipinski definition) is 4. The third-order valence-corrected chi connectivity index (χ3v) is 2.02. The number of carbonyl (C=O) groups excluding carboxylic acids is 2. The van der Waals surface area contributed by atoms with Crippen LogP contribution in [0.5, 0.6) is 0 Å². The molecule has 0 N–H and O–H groups in total. The van der Waals surface area contributed by atoms with E-state index in [-0.39, 0.29) is 5.78 Å². The summed E-state index contributed by atoms with van der Waals surface area (Å²) in [5, 5.41) is 0. The first-order valence-corrected chi connectivity index (χ1v) is 4.01. The summed E-state index contributed by atoms with van der Waals surface area (Å²) >= 11 is 0. The summed E-state index contributed by atoms with van der Waals surface area (Å²) in [6.45, 7) is 3.10. The van der Waals surface area contributed by atoms with Gasteiger partial charge < -0.3 is 9.47 Å². The van der Waals surface area contributed by atoms with Gasteiger partial charge in [0.1, 0.15) is 5.76 Å². The van der Waals surface area contributed by atoms with Crippen molar-refractivity contribution in [2.45, 2.75) is 26.4 Å². The number of Topliss-reactive ketones (excluding diaryl/α,β-unsaturated/α-hetero) is 1. The van der Waals surface area contributed by atoms with Crippen LogP contribution in [0, 0.1) is 0 Å². The Kier molecular flexibility index (Phi) is 2.70. The molecular weight excluding hydrogens is 172 g/mol. The van der Waals surface area contributed by atoms with Crippen molar-refractivity contribution in [1.82, 2.24) is 0 Å². The second kappa shape index (κ2) is 3.60. The molecule has 13 heavy (non-hydrogen) atoms. The summed E-state index contributed by atoms with van der Waals surface area (Å²) in [6, 6.07) is 0. The van der Waals surface area contributed by atoms with E-state index in [0.29, 0.717) is 17.8 Å². The zero-order valence-corrected chi connectivity index (χ0v) is 7.92. The van der Waals surface area contributed by atoms with Gasteiger partial charge in [0, 0.05) is 6.42 Å². The molecule has 0 bridgehead atoms. The quantitative estimate of drug-likeness (QED) is 0.596. The highest BCUT2D eigenvalue weighted by Crippen LogP contribution is 2.25. The van der Waals surface area contributed by atoms with Crippen molar-refractivity contribution in [3.8, 4) is 0 Å². The van der Waals surface area contributed by atoms with Gasteiger partial charge in [0.05, 0.1) is 12.7 Å². The third kappa shape index (κ3) is 1.88. The fourth-order valence-electron chi connectivity index (χ4n) is 1.23. The van der Waals surface area contributed by atoms with E-state index in [2.05, 4.69) is 4.74 Å². The fourth-order valence-corrected chi connectivity index (χ4v) is 1.23. The van der Waals surface area contributed by atoms with E-state index in [0.717, 1.165) is 0 Å². The van der Waals surface area contributed by atoms with Gasteiger partial charge in [-0.1, -0.05) is 0 Å². The van der Waals surface area contributed by atoms with Crippen LogP contribution in [0.3, 0.4) is 0 Å². The standard InChI is InChI=1S/C9H12O4/c1-5(10)8-4-7(6(2)13-8)9(11)12-3/h8H,4H2,1-3H3. The van der Waals surface area contributed by atoms with Crippen LogP contribution in [-0.2, 0) is 19.1 Å². The maximum atomic E-state index is 11.1. The second-order valence-electron chi connectivity index (χ2n) is 2.95. The van der Waals surface area contributed by atoms with E-state index in [4.69, 9.17) is 4.74 Å². The zero-order chi connectivity index (χ0) is 10.0. The van der Waals surface area contributed by atoms with Crippen LogP contribution in [0.2, 0.25) is 0 Å². The molecule has 0 amide bonds. The van der Waals surface area contributed by atoms with E-state index in [1.54, 1.807) is 6.92 Å². The van der Waals surface area contributed by atoms with Gasteiger partial charge in [-0.3, -0.25) is 4.79 Å². The van der Waals surface area contributed by atoms with E-state index in [1.165, 1.54) is 14.0 Å². The van der Waals surface area contributed by atoms with Crippen LogP contribution in [0.25, 0.3) is 0 Å². The first kappa shape index (κ1) is 9.77. The van der Waals surface area contributed by atoms with Gasteiger partial charge in [-0.25, -0.2) is 4.79 Å². The molecule has 1 aliphatic heterocycles. The van der Waals surface area contributed by atoms with Crippen molar-refractivity contribution < 1.29 is 19.1 Å². The maximum Gasteiger partial charge on any atom is 0.337 e. The van der Waals surface area contributed by atoms with Crippen molar-refractivity contribution in [3.05, 3.63) is 11.3 Å². The number of methoxy groups -OCH3 is 1. The largest absolute Gasteiger partial charge is 0.486 e. The van der Waals surface area contributed by atoms with E-state index in [9.17, 15) is 9.59 Å².